The van der Waals surface area contributed by atoms with Crippen molar-refractivity contribution in [2.45, 2.75) is 38.8 Å². The predicted molar refractivity (Wildman–Crippen MR) is 52.4 cm³/mol. The molecule has 0 aliphatic heterocycles. The van der Waals surface area contributed by atoms with Crippen molar-refractivity contribution in [3.8, 4) is 0 Å². The summed E-state index contributed by atoms with van der Waals surface area (Å²) in [5, 5.41) is 2.84. The second-order valence-electron chi connectivity index (χ2n) is 4.10. The Bertz CT molecular complexity index is 159. The van der Waals surface area contributed by atoms with E-state index in [-0.39, 0.29) is 17.6 Å². The number of hydrogen-bond donors (Lipinski definition) is 2. The number of carbonyl (C=O) groups is 1. The minimum atomic E-state index is -0.191. The van der Waals surface area contributed by atoms with Crippen LogP contribution in [0.4, 0.5) is 0 Å². The molecular formula is C9H20N2O2. The maximum absolute atomic E-state index is 11.3. The summed E-state index contributed by atoms with van der Waals surface area (Å²) in [6.07, 6.45) is 0.145. The normalized spacial score (nSPS) is 13.9. The molecule has 0 spiro atoms. The lowest BCUT2D eigenvalue weighted by atomic mass is 10.1. The first-order valence-corrected chi connectivity index (χ1v) is 4.43. The van der Waals surface area contributed by atoms with Gasteiger partial charge in [-0.3, -0.25) is 4.79 Å². The van der Waals surface area contributed by atoms with Crippen LogP contribution >= 0.6 is 0 Å². The van der Waals surface area contributed by atoms with Crippen molar-refractivity contribution in [2.24, 2.45) is 5.73 Å². The van der Waals surface area contributed by atoms with Crippen LogP contribution in [0.15, 0.2) is 0 Å². The third kappa shape index (κ3) is 6.54. The van der Waals surface area contributed by atoms with E-state index in [1.807, 2.05) is 20.8 Å². The number of methoxy groups -OCH3 is 1. The smallest absolute Gasteiger partial charge is 0.223 e. The third-order valence-corrected chi connectivity index (χ3v) is 1.52. The molecule has 4 nitrogen and oxygen atoms in total. The summed E-state index contributed by atoms with van der Waals surface area (Å²) in [6.45, 7) is 6.19. The monoisotopic (exact) mass is 188 g/mol. The molecule has 0 radical (unpaired) electrons. The van der Waals surface area contributed by atoms with Gasteiger partial charge in [0.1, 0.15) is 0 Å². The molecule has 0 aliphatic rings. The number of nitrogens with two attached hydrogens (primary N) is 1. The molecule has 1 unspecified atom stereocenters. The highest BCUT2D eigenvalue weighted by Gasteiger charge is 2.16. The zero-order valence-corrected chi connectivity index (χ0v) is 8.89. The van der Waals surface area contributed by atoms with Gasteiger partial charge >= 0.3 is 0 Å². The Morgan fingerprint density at radius 1 is 1.54 bits per heavy atom. The van der Waals surface area contributed by atoms with E-state index >= 15 is 0 Å². The van der Waals surface area contributed by atoms with E-state index in [0.717, 1.165) is 0 Å². The Labute approximate surface area is 79.8 Å². The standard InChI is InChI=1S/C9H20N2O2/c1-9(2,3)11-8(12)5-7(6-10)13-4/h7H,5-6,10H2,1-4H3,(H,11,12). The average Bonchev–Trinajstić information content (AvgIpc) is 1.96. The van der Waals surface area contributed by atoms with Gasteiger partial charge in [0, 0.05) is 19.2 Å². The fourth-order valence-corrected chi connectivity index (χ4v) is 0.939. The predicted octanol–water partition coefficient (Wildman–Crippen LogP) is 0.265. The molecule has 1 amide bonds. The Balaban J connectivity index is 3.86. The summed E-state index contributed by atoms with van der Waals surface area (Å²) in [7, 11) is 1.56. The van der Waals surface area contributed by atoms with E-state index in [4.69, 9.17) is 10.5 Å². The first kappa shape index (κ1) is 12.4. The minimum absolute atomic E-state index is 0.0233. The van der Waals surface area contributed by atoms with Crippen LogP contribution in [0, 0.1) is 0 Å². The van der Waals surface area contributed by atoms with Gasteiger partial charge in [-0.1, -0.05) is 0 Å². The van der Waals surface area contributed by atoms with Crippen molar-refractivity contribution in [3.63, 3.8) is 0 Å². The van der Waals surface area contributed by atoms with Crippen LogP contribution in [0.2, 0.25) is 0 Å². The molecule has 0 aliphatic carbocycles. The van der Waals surface area contributed by atoms with Gasteiger partial charge in [-0.05, 0) is 20.8 Å². The molecule has 0 saturated carbocycles. The summed E-state index contributed by atoms with van der Waals surface area (Å²) in [5.41, 5.74) is 5.20. The number of amides is 1. The van der Waals surface area contributed by atoms with Crippen molar-refractivity contribution in [2.75, 3.05) is 13.7 Å². The average molecular weight is 188 g/mol. The maximum Gasteiger partial charge on any atom is 0.223 e. The largest absolute Gasteiger partial charge is 0.380 e. The van der Waals surface area contributed by atoms with Crippen LogP contribution in [0.5, 0.6) is 0 Å². The van der Waals surface area contributed by atoms with E-state index in [2.05, 4.69) is 5.32 Å². The molecular weight excluding hydrogens is 168 g/mol. The number of rotatable bonds is 4. The molecule has 13 heavy (non-hydrogen) atoms. The molecule has 0 bridgehead atoms. The summed E-state index contributed by atoms with van der Waals surface area (Å²) < 4.78 is 5.00. The molecule has 1 atom stereocenters. The van der Waals surface area contributed by atoms with Crippen molar-refractivity contribution < 1.29 is 9.53 Å². The second-order valence-corrected chi connectivity index (χ2v) is 4.10. The van der Waals surface area contributed by atoms with E-state index in [1.165, 1.54) is 0 Å². The lowest BCUT2D eigenvalue weighted by molar-refractivity contribution is -0.124. The van der Waals surface area contributed by atoms with Gasteiger partial charge in [0.25, 0.3) is 0 Å². The molecule has 0 fully saturated rings. The Hall–Kier alpha value is -0.610. The molecule has 78 valence electrons. The van der Waals surface area contributed by atoms with Gasteiger partial charge < -0.3 is 15.8 Å². The van der Waals surface area contributed by atoms with Crippen LogP contribution in [0.1, 0.15) is 27.2 Å². The Morgan fingerprint density at radius 2 is 2.08 bits per heavy atom. The Morgan fingerprint density at radius 3 is 2.38 bits per heavy atom. The highest BCUT2D eigenvalue weighted by Crippen LogP contribution is 2.01. The molecule has 0 rings (SSSR count). The van der Waals surface area contributed by atoms with Crippen LogP contribution in [-0.4, -0.2) is 31.2 Å². The van der Waals surface area contributed by atoms with E-state index in [1.54, 1.807) is 7.11 Å². The molecule has 0 aromatic carbocycles. The highest BCUT2D eigenvalue weighted by molar-refractivity contribution is 5.77. The molecule has 4 heteroatoms. The van der Waals surface area contributed by atoms with Crippen LogP contribution < -0.4 is 11.1 Å². The van der Waals surface area contributed by atoms with Gasteiger partial charge in [0.2, 0.25) is 5.91 Å². The summed E-state index contributed by atoms with van der Waals surface area (Å²) in [5.74, 6) is -0.0233. The van der Waals surface area contributed by atoms with Crippen molar-refractivity contribution in [1.82, 2.24) is 5.32 Å². The lowest BCUT2D eigenvalue weighted by Crippen LogP contribution is -2.42. The molecule has 0 heterocycles. The van der Waals surface area contributed by atoms with Gasteiger partial charge in [0.15, 0.2) is 0 Å². The number of carbonyl (C=O) groups excluding carboxylic acids is 1. The first-order chi connectivity index (χ1) is 5.89. The van der Waals surface area contributed by atoms with Gasteiger partial charge in [-0.2, -0.15) is 0 Å². The maximum atomic E-state index is 11.3. The van der Waals surface area contributed by atoms with E-state index < -0.39 is 0 Å². The fourth-order valence-electron chi connectivity index (χ4n) is 0.939. The molecule has 0 aromatic rings. The van der Waals surface area contributed by atoms with E-state index in [0.29, 0.717) is 13.0 Å². The fraction of sp³-hybridized carbons (Fsp3) is 0.889. The minimum Gasteiger partial charge on any atom is -0.380 e. The zero-order chi connectivity index (χ0) is 10.5. The number of nitrogens with one attached hydrogen (secondary N) is 1. The van der Waals surface area contributed by atoms with Crippen molar-refractivity contribution in [3.05, 3.63) is 0 Å². The van der Waals surface area contributed by atoms with Gasteiger partial charge in [0.05, 0.1) is 12.5 Å². The van der Waals surface area contributed by atoms with Crippen molar-refractivity contribution in [1.29, 1.82) is 0 Å². The topological polar surface area (TPSA) is 64.3 Å². The Kier molecular flexibility index (Phi) is 4.95. The van der Waals surface area contributed by atoms with Crippen molar-refractivity contribution >= 4 is 5.91 Å². The quantitative estimate of drug-likeness (QED) is 0.665. The van der Waals surface area contributed by atoms with Crippen LogP contribution in [-0.2, 0) is 9.53 Å². The summed E-state index contributed by atoms with van der Waals surface area (Å²) in [6, 6.07) is 0. The zero-order valence-electron chi connectivity index (χ0n) is 8.89. The van der Waals surface area contributed by atoms with Crippen LogP contribution in [0.3, 0.4) is 0 Å². The van der Waals surface area contributed by atoms with E-state index in [9.17, 15) is 4.79 Å². The highest BCUT2D eigenvalue weighted by atomic mass is 16.5. The lowest BCUT2D eigenvalue weighted by Gasteiger charge is -2.22. The van der Waals surface area contributed by atoms with Crippen LogP contribution in [0.25, 0.3) is 0 Å². The SMILES string of the molecule is COC(CN)CC(=O)NC(C)(C)C. The molecule has 0 aromatic heterocycles. The molecule has 0 saturated heterocycles. The summed E-state index contributed by atoms with van der Waals surface area (Å²) >= 11 is 0. The van der Waals surface area contributed by atoms with Gasteiger partial charge in [-0.15, -0.1) is 0 Å². The second kappa shape index (κ2) is 5.19. The first-order valence-electron chi connectivity index (χ1n) is 4.43. The number of ether oxygens (including phenoxy) is 1. The van der Waals surface area contributed by atoms with Gasteiger partial charge in [-0.25, -0.2) is 0 Å². The number of hydrogen-bond acceptors (Lipinski definition) is 3. The molecule has 3 N–H and O–H groups in total. The third-order valence-electron chi connectivity index (χ3n) is 1.52. The summed E-state index contributed by atoms with van der Waals surface area (Å²) in [4.78, 5) is 11.3.